The molecular formula is C21H20N2O2S. The minimum atomic E-state index is -0.659. The van der Waals surface area contributed by atoms with Gasteiger partial charge in [-0.05, 0) is 29.2 Å². The topological polar surface area (TPSA) is 46.5 Å². The Hall–Kier alpha value is -2.79. The number of benzene rings is 1. The molecule has 2 aromatic heterocycles. The van der Waals surface area contributed by atoms with Gasteiger partial charge in [0.05, 0.1) is 12.8 Å². The van der Waals surface area contributed by atoms with Crippen molar-refractivity contribution in [3.8, 4) is 0 Å². The Kier molecular flexibility index (Phi) is 5.92. The van der Waals surface area contributed by atoms with E-state index < -0.39 is 6.04 Å². The Morgan fingerprint density at radius 2 is 1.85 bits per heavy atom. The largest absolute Gasteiger partial charge is 0.758 e. The molecule has 0 amide bonds. The highest BCUT2D eigenvalue weighted by Crippen LogP contribution is 2.14. The molecular weight excluding hydrogens is 344 g/mol. The predicted octanol–water partition coefficient (Wildman–Crippen LogP) is 3.70. The maximum atomic E-state index is 13.2. The average Bonchev–Trinajstić information content (AvgIpc) is 3.21. The quantitative estimate of drug-likeness (QED) is 0.211. The molecule has 0 spiro atoms. The lowest BCUT2D eigenvalue weighted by molar-refractivity contribution is -0.691. The van der Waals surface area contributed by atoms with Crippen LogP contribution in [-0.2, 0) is 25.6 Å². The second-order valence-corrected chi connectivity index (χ2v) is 6.29. The first-order valence-corrected chi connectivity index (χ1v) is 8.92. The van der Waals surface area contributed by atoms with Crippen LogP contribution in [0.2, 0.25) is 0 Å². The molecule has 0 fully saturated rings. The van der Waals surface area contributed by atoms with Crippen molar-refractivity contribution in [1.29, 1.82) is 0 Å². The maximum absolute atomic E-state index is 13.2. The standard InChI is InChI=1S/C21H20N2O2S/c1-2-16-8-10-17(11-9-16)20(24)19(23-12-4-3-5-13-23)21(26)22-15-18-7-6-14-25-18/h3-14,19H,2,15H2,1H3/t19-/m1/s1. The van der Waals surface area contributed by atoms with Crippen LogP contribution in [0.15, 0.2) is 82.7 Å². The number of furan rings is 1. The van der Waals surface area contributed by atoms with Crippen molar-refractivity contribution in [2.24, 2.45) is 4.99 Å². The summed E-state index contributed by atoms with van der Waals surface area (Å²) < 4.78 is 7.09. The first kappa shape index (κ1) is 18.0. The number of hydrogen-bond donors (Lipinski definition) is 0. The van der Waals surface area contributed by atoms with Crippen LogP contribution in [-0.4, -0.2) is 10.8 Å². The van der Waals surface area contributed by atoms with Crippen molar-refractivity contribution in [2.45, 2.75) is 25.9 Å². The molecule has 0 aliphatic heterocycles. The molecule has 0 saturated carbocycles. The fourth-order valence-electron chi connectivity index (χ4n) is 2.67. The normalized spacial score (nSPS) is 12.7. The lowest BCUT2D eigenvalue weighted by atomic mass is 10.0. The van der Waals surface area contributed by atoms with Gasteiger partial charge in [-0.1, -0.05) is 37.3 Å². The third kappa shape index (κ3) is 4.24. The van der Waals surface area contributed by atoms with Crippen molar-refractivity contribution < 1.29 is 13.8 Å². The van der Waals surface area contributed by atoms with Gasteiger partial charge in [-0.2, -0.15) is 4.57 Å². The van der Waals surface area contributed by atoms with Crippen molar-refractivity contribution in [3.05, 3.63) is 90.1 Å². The van der Waals surface area contributed by atoms with Crippen LogP contribution in [0, 0.1) is 0 Å². The zero-order chi connectivity index (χ0) is 18.4. The van der Waals surface area contributed by atoms with Crippen LogP contribution in [0.25, 0.3) is 0 Å². The van der Waals surface area contributed by atoms with Crippen molar-refractivity contribution >= 4 is 23.5 Å². The molecule has 0 unspecified atom stereocenters. The number of Topliss-reactive ketones (excluding diaryl/α,β-unsaturated/α-hetero) is 1. The van der Waals surface area contributed by atoms with Gasteiger partial charge in [0.25, 0.3) is 0 Å². The molecule has 132 valence electrons. The Labute approximate surface area is 158 Å². The molecule has 26 heavy (non-hydrogen) atoms. The van der Waals surface area contributed by atoms with E-state index >= 15 is 0 Å². The number of rotatable bonds is 7. The summed E-state index contributed by atoms with van der Waals surface area (Å²) >= 11 is 5.51. The summed E-state index contributed by atoms with van der Waals surface area (Å²) in [7, 11) is 0. The lowest BCUT2D eigenvalue weighted by Gasteiger charge is -2.18. The molecule has 1 atom stereocenters. The summed E-state index contributed by atoms with van der Waals surface area (Å²) in [6, 6.07) is 16.3. The fourth-order valence-corrected chi connectivity index (χ4v) is 2.96. The highest BCUT2D eigenvalue weighted by atomic mass is 32.1. The molecule has 3 rings (SSSR count). The summed E-state index contributed by atoms with van der Waals surface area (Å²) in [6.07, 6.45) is 6.19. The number of aryl methyl sites for hydroxylation is 1. The van der Waals surface area contributed by atoms with Crippen LogP contribution in [0.5, 0.6) is 0 Å². The number of hydrogen-bond acceptors (Lipinski definition) is 4. The van der Waals surface area contributed by atoms with E-state index in [9.17, 15) is 4.79 Å². The minimum absolute atomic E-state index is 0.0722. The van der Waals surface area contributed by atoms with E-state index in [-0.39, 0.29) is 5.78 Å². The lowest BCUT2D eigenvalue weighted by Crippen LogP contribution is -2.47. The summed E-state index contributed by atoms with van der Waals surface area (Å²) in [5, 5.41) is 0.335. The van der Waals surface area contributed by atoms with Gasteiger partial charge in [0, 0.05) is 17.7 Å². The van der Waals surface area contributed by atoms with E-state index in [1.807, 2.05) is 60.9 Å². The zero-order valence-corrected chi connectivity index (χ0v) is 15.4. The van der Waals surface area contributed by atoms with Gasteiger partial charge in [-0.15, -0.1) is 0 Å². The highest BCUT2D eigenvalue weighted by Gasteiger charge is 2.28. The van der Waals surface area contributed by atoms with E-state index in [0.29, 0.717) is 22.9 Å². The second-order valence-electron chi connectivity index (χ2n) is 5.87. The average molecular weight is 364 g/mol. The number of ketones is 1. The van der Waals surface area contributed by atoms with Gasteiger partial charge < -0.3 is 22.0 Å². The summed E-state index contributed by atoms with van der Waals surface area (Å²) in [4.78, 5) is 17.6. The smallest absolute Gasteiger partial charge is 0.237 e. The molecule has 0 radical (unpaired) electrons. The molecule has 5 heteroatoms. The molecule has 3 aromatic rings. The SMILES string of the molecule is CCc1ccc(C(=O)[C@H](C([S-])=NCc2ccco2)[n+]2ccccc2)cc1. The highest BCUT2D eigenvalue weighted by molar-refractivity contribution is 7.77. The first-order chi connectivity index (χ1) is 12.7. The van der Waals surface area contributed by atoms with Gasteiger partial charge in [0.1, 0.15) is 5.76 Å². The maximum Gasteiger partial charge on any atom is 0.237 e. The number of nitrogens with zero attached hydrogens (tertiary/aromatic N) is 2. The van der Waals surface area contributed by atoms with Gasteiger partial charge in [0.15, 0.2) is 12.4 Å². The van der Waals surface area contributed by atoms with Crippen molar-refractivity contribution in [3.63, 3.8) is 0 Å². The molecule has 0 saturated heterocycles. The van der Waals surface area contributed by atoms with E-state index in [1.54, 1.807) is 16.9 Å². The van der Waals surface area contributed by atoms with Crippen molar-refractivity contribution in [2.75, 3.05) is 0 Å². The Bertz CT molecular complexity index is 872. The van der Waals surface area contributed by atoms with Gasteiger partial charge in [-0.3, -0.25) is 4.79 Å². The zero-order valence-electron chi connectivity index (χ0n) is 14.5. The Morgan fingerprint density at radius 3 is 2.46 bits per heavy atom. The summed E-state index contributed by atoms with van der Waals surface area (Å²) in [5.74, 6) is 0.640. The number of aromatic nitrogens is 1. The number of carbonyl (C=O) groups is 1. The third-order valence-electron chi connectivity index (χ3n) is 4.14. The first-order valence-electron chi connectivity index (χ1n) is 8.51. The van der Waals surface area contributed by atoms with Gasteiger partial charge in [0.2, 0.25) is 11.8 Å². The predicted molar refractivity (Wildman–Crippen MR) is 103 cm³/mol. The van der Waals surface area contributed by atoms with E-state index in [2.05, 4.69) is 11.9 Å². The number of aliphatic imine (C=N–C) groups is 1. The summed E-state index contributed by atoms with van der Waals surface area (Å²) in [5.41, 5.74) is 1.81. The molecule has 2 heterocycles. The van der Waals surface area contributed by atoms with Crippen LogP contribution < -0.4 is 4.57 Å². The second kappa shape index (κ2) is 8.54. The van der Waals surface area contributed by atoms with Crippen molar-refractivity contribution in [1.82, 2.24) is 0 Å². The summed E-state index contributed by atoms with van der Waals surface area (Å²) in [6.45, 7) is 2.40. The van der Waals surface area contributed by atoms with Gasteiger partial charge >= 0.3 is 0 Å². The van der Waals surface area contributed by atoms with Gasteiger partial charge in [-0.25, -0.2) is 0 Å². The minimum Gasteiger partial charge on any atom is -0.758 e. The van der Waals surface area contributed by atoms with E-state index in [4.69, 9.17) is 17.0 Å². The Balaban J connectivity index is 1.92. The van der Waals surface area contributed by atoms with Crippen LogP contribution >= 0.6 is 0 Å². The molecule has 0 aliphatic rings. The molecule has 4 nitrogen and oxygen atoms in total. The van der Waals surface area contributed by atoms with Crippen LogP contribution in [0.1, 0.15) is 34.6 Å². The Morgan fingerprint density at radius 1 is 1.12 bits per heavy atom. The monoisotopic (exact) mass is 364 g/mol. The third-order valence-corrected chi connectivity index (χ3v) is 4.49. The van der Waals surface area contributed by atoms with Crippen LogP contribution in [0.3, 0.4) is 0 Å². The van der Waals surface area contributed by atoms with E-state index in [1.165, 1.54) is 5.56 Å². The van der Waals surface area contributed by atoms with E-state index in [0.717, 1.165) is 6.42 Å². The molecule has 0 N–H and O–H groups in total. The number of pyridine rings is 1. The molecule has 0 aliphatic carbocycles. The van der Waals surface area contributed by atoms with Crippen LogP contribution in [0.4, 0.5) is 0 Å². The molecule has 1 aromatic carbocycles. The molecule has 0 bridgehead atoms. The number of carbonyl (C=O) groups excluding carboxylic acids is 1. The fraction of sp³-hybridized carbons (Fsp3) is 0.190.